The summed E-state index contributed by atoms with van der Waals surface area (Å²) in [6, 6.07) is 0.306. The first kappa shape index (κ1) is 10.6. The molecule has 1 aliphatic rings. The highest BCUT2D eigenvalue weighted by Crippen LogP contribution is 2.35. The van der Waals surface area contributed by atoms with Crippen LogP contribution in [0, 0.1) is 22.6 Å². The van der Waals surface area contributed by atoms with E-state index in [0.717, 1.165) is 0 Å². The fourth-order valence-electron chi connectivity index (χ4n) is 1.51. The number of halogens is 1. The highest BCUT2D eigenvalue weighted by molar-refractivity contribution is 9.12. The van der Waals surface area contributed by atoms with E-state index in [0.29, 0.717) is 17.9 Å². The van der Waals surface area contributed by atoms with Gasteiger partial charge in [0, 0.05) is 27.9 Å². The molecule has 13 heavy (non-hydrogen) atoms. The van der Waals surface area contributed by atoms with Gasteiger partial charge in [0.2, 0.25) is 0 Å². The molecule has 2 nitrogen and oxygen atoms in total. The molecule has 1 aliphatic carbocycles. The van der Waals surface area contributed by atoms with Gasteiger partial charge in [-0.25, -0.2) is 0 Å². The second-order valence-corrected chi connectivity index (χ2v) is 4.20. The molecule has 72 valence electrons. The summed E-state index contributed by atoms with van der Waals surface area (Å²) >= 11 is 2.91. The fourth-order valence-corrected chi connectivity index (χ4v) is 1.69. The van der Waals surface area contributed by atoms with Crippen LogP contribution in [0.2, 0.25) is 0 Å². The fraction of sp³-hybridized carbons (Fsp3) is 0.700. The Morgan fingerprint density at radius 3 is 2.54 bits per heavy atom. The van der Waals surface area contributed by atoms with Crippen molar-refractivity contribution >= 4 is 21.8 Å². The first-order chi connectivity index (χ1) is 6.15. The second-order valence-electron chi connectivity index (χ2n) is 3.80. The maximum Gasteiger partial charge on any atom is 0.296 e. The molecule has 0 spiro atoms. The van der Waals surface area contributed by atoms with Crippen molar-refractivity contribution in [2.24, 2.45) is 11.8 Å². The number of carbonyl (C=O) groups excluding carboxylic acids is 1. The molecule has 0 bridgehead atoms. The highest BCUT2D eigenvalue weighted by Gasteiger charge is 2.33. The first-order valence-electron chi connectivity index (χ1n) is 4.57. The molecule has 1 saturated carbocycles. The zero-order chi connectivity index (χ0) is 9.84. The van der Waals surface area contributed by atoms with E-state index in [4.69, 9.17) is 0 Å². The van der Waals surface area contributed by atoms with Crippen LogP contribution < -0.4 is 5.32 Å². The highest BCUT2D eigenvalue weighted by atomic mass is 79.9. The maximum absolute atomic E-state index is 11.2. The molecule has 0 radical (unpaired) electrons. The summed E-state index contributed by atoms with van der Waals surface area (Å²) in [6.07, 6.45) is 2.48. The van der Waals surface area contributed by atoms with Gasteiger partial charge in [-0.15, -0.1) is 0 Å². The summed E-state index contributed by atoms with van der Waals surface area (Å²) in [5.41, 5.74) is 0. The summed E-state index contributed by atoms with van der Waals surface area (Å²) in [5.74, 6) is 3.43. The predicted octanol–water partition coefficient (Wildman–Crippen LogP) is 1.89. The van der Waals surface area contributed by atoms with Gasteiger partial charge in [-0.1, -0.05) is 13.8 Å². The quantitative estimate of drug-likeness (QED) is 0.755. The molecule has 1 unspecified atom stereocenters. The average Bonchev–Trinajstić information content (AvgIpc) is 2.82. The van der Waals surface area contributed by atoms with Gasteiger partial charge in [0.15, 0.2) is 0 Å². The largest absolute Gasteiger partial charge is 0.342 e. The van der Waals surface area contributed by atoms with E-state index >= 15 is 0 Å². The minimum absolute atomic E-state index is 0.178. The Labute approximate surface area is 87.6 Å². The van der Waals surface area contributed by atoms with Crippen LogP contribution in [0.3, 0.4) is 0 Å². The molecule has 1 N–H and O–H groups in total. The Bertz CT molecular complexity index is 245. The standard InChI is InChI=1S/C10H14BrNO/c1-7(2)10(8-3-4-8)12-9(13)5-6-11/h7-8,10H,3-4H2,1-2H3,(H,12,13). The minimum atomic E-state index is -0.178. The Morgan fingerprint density at radius 1 is 1.54 bits per heavy atom. The molecular formula is C10H14BrNO. The van der Waals surface area contributed by atoms with E-state index < -0.39 is 0 Å². The van der Waals surface area contributed by atoms with Crippen LogP contribution in [-0.4, -0.2) is 11.9 Å². The van der Waals surface area contributed by atoms with Gasteiger partial charge in [-0.2, -0.15) is 0 Å². The lowest BCUT2D eigenvalue weighted by molar-refractivity contribution is -0.116. The molecule has 1 atom stereocenters. The molecule has 0 aliphatic heterocycles. The van der Waals surface area contributed by atoms with Crippen LogP contribution in [0.1, 0.15) is 26.7 Å². The molecule has 1 amide bonds. The van der Waals surface area contributed by atoms with Crippen LogP contribution in [0.25, 0.3) is 0 Å². The van der Waals surface area contributed by atoms with Gasteiger partial charge in [-0.3, -0.25) is 4.79 Å². The smallest absolute Gasteiger partial charge is 0.296 e. The van der Waals surface area contributed by atoms with Gasteiger partial charge < -0.3 is 5.32 Å². The lowest BCUT2D eigenvalue weighted by Gasteiger charge is -2.20. The van der Waals surface area contributed by atoms with Crippen LogP contribution in [0.4, 0.5) is 0 Å². The summed E-state index contributed by atoms with van der Waals surface area (Å²) in [4.78, 5) is 13.6. The topological polar surface area (TPSA) is 29.1 Å². The van der Waals surface area contributed by atoms with E-state index in [1.807, 2.05) is 0 Å². The number of rotatable bonds is 3. The van der Waals surface area contributed by atoms with Gasteiger partial charge >= 0.3 is 0 Å². The zero-order valence-corrected chi connectivity index (χ0v) is 9.52. The lowest BCUT2D eigenvalue weighted by atomic mass is 10.00. The predicted molar refractivity (Wildman–Crippen MR) is 56.2 cm³/mol. The van der Waals surface area contributed by atoms with E-state index in [-0.39, 0.29) is 5.91 Å². The Hall–Kier alpha value is -0.490. The summed E-state index contributed by atoms with van der Waals surface area (Å²) in [5, 5.41) is 2.94. The van der Waals surface area contributed by atoms with E-state index in [9.17, 15) is 4.79 Å². The maximum atomic E-state index is 11.2. The minimum Gasteiger partial charge on any atom is -0.342 e. The molecule has 0 aromatic heterocycles. The van der Waals surface area contributed by atoms with Crippen molar-refractivity contribution in [1.29, 1.82) is 0 Å². The number of hydrogen-bond donors (Lipinski definition) is 1. The SMILES string of the molecule is CC(C)C(NC(=O)C#CBr)C1CC1. The van der Waals surface area contributed by atoms with Crippen LogP contribution in [-0.2, 0) is 4.79 Å². The van der Waals surface area contributed by atoms with E-state index in [1.54, 1.807) is 0 Å². The summed E-state index contributed by atoms with van der Waals surface area (Å²) < 4.78 is 0. The second kappa shape index (κ2) is 4.66. The Morgan fingerprint density at radius 2 is 2.15 bits per heavy atom. The molecular weight excluding hydrogens is 230 g/mol. The average molecular weight is 244 g/mol. The van der Waals surface area contributed by atoms with E-state index in [1.165, 1.54) is 12.8 Å². The summed E-state index contributed by atoms with van der Waals surface area (Å²) in [6.45, 7) is 4.26. The van der Waals surface area contributed by atoms with Crippen molar-refractivity contribution < 1.29 is 4.79 Å². The monoisotopic (exact) mass is 243 g/mol. The van der Waals surface area contributed by atoms with Crippen molar-refractivity contribution in [2.75, 3.05) is 0 Å². The Kier molecular flexibility index (Phi) is 3.80. The number of carbonyl (C=O) groups is 1. The van der Waals surface area contributed by atoms with Crippen LogP contribution >= 0.6 is 15.9 Å². The third-order valence-electron chi connectivity index (χ3n) is 2.31. The van der Waals surface area contributed by atoms with Gasteiger partial charge in [0.1, 0.15) is 0 Å². The van der Waals surface area contributed by atoms with Gasteiger partial charge in [0.25, 0.3) is 5.91 Å². The van der Waals surface area contributed by atoms with Crippen molar-refractivity contribution in [1.82, 2.24) is 5.32 Å². The van der Waals surface area contributed by atoms with E-state index in [2.05, 4.69) is 45.8 Å². The summed E-state index contributed by atoms with van der Waals surface area (Å²) in [7, 11) is 0. The zero-order valence-electron chi connectivity index (χ0n) is 7.93. The molecule has 1 rings (SSSR count). The molecule has 0 heterocycles. The van der Waals surface area contributed by atoms with Crippen molar-refractivity contribution in [3.05, 3.63) is 0 Å². The third-order valence-corrected chi connectivity index (χ3v) is 2.50. The first-order valence-corrected chi connectivity index (χ1v) is 5.36. The molecule has 1 fully saturated rings. The van der Waals surface area contributed by atoms with Crippen molar-refractivity contribution in [3.63, 3.8) is 0 Å². The van der Waals surface area contributed by atoms with Crippen LogP contribution in [0.5, 0.6) is 0 Å². The third kappa shape index (κ3) is 3.40. The lowest BCUT2D eigenvalue weighted by Crippen LogP contribution is -2.39. The van der Waals surface area contributed by atoms with Crippen LogP contribution in [0.15, 0.2) is 0 Å². The van der Waals surface area contributed by atoms with Gasteiger partial charge in [0.05, 0.1) is 0 Å². The number of hydrogen-bond acceptors (Lipinski definition) is 1. The normalized spacial score (nSPS) is 17.5. The van der Waals surface area contributed by atoms with Gasteiger partial charge in [-0.05, 0) is 29.5 Å². The van der Waals surface area contributed by atoms with Crippen molar-refractivity contribution in [2.45, 2.75) is 32.7 Å². The molecule has 0 aromatic rings. The number of amides is 1. The number of nitrogens with one attached hydrogen (secondary N) is 1. The molecule has 0 saturated heterocycles. The Balaban J connectivity index is 2.45. The van der Waals surface area contributed by atoms with Crippen molar-refractivity contribution in [3.8, 4) is 10.8 Å². The molecule has 3 heteroatoms. The molecule has 0 aromatic carbocycles.